The van der Waals surface area contributed by atoms with E-state index in [1.54, 1.807) is 0 Å². The van der Waals surface area contributed by atoms with E-state index < -0.39 is 0 Å². The van der Waals surface area contributed by atoms with E-state index in [0.717, 1.165) is 17.3 Å². The monoisotopic (exact) mass is 324 g/mol. The Hall–Kier alpha value is -0.580. The van der Waals surface area contributed by atoms with Gasteiger partial charge < -0.3 is 15.7 Å². The summed E-state index contributed by atoms with van der Waals surface area (Å²) in [6, 6.07) is 7.38. The van der Waals surface area contributed by atoms with Crippen molar-refractivity contribution in [1.82, 2.24) is 0 Å². The molecule has 4 heteroatoms. The van der Waals surface area contributed by atoms with Crippen molar-refractivity contribution in [1.29, 1.82) is 0 Å². The van der Waals surface area contributed by atoms with Gasteiger partial charge in [0.25, 0.3) is 0 Å². The highest BCUT2D eigenvalue weighted by Gasteiger charge is 2.41. The van der Waals surface area contributed by atoms with Gasteiger partial charge in [-0.25, -0.2) is 0 Å². The molecular weight excluding hydrogens is 304 g/mol. The summed E-state index contributed by atoms with van der Waals surface area (Å²) in [5.41, 5.74) is 8.59. The van der Waals surface area contributed by atoms with Crippen molar-refractivity contribution >= 4 is 21.6 Å². The predicted molar refractivity (Wildman–Crippen MR) is 81.3 cm³/mol. The van der Waals surface area contributed by atoms with Crippen molar-refractivity contribution in [3.63, 3.8) is 0 Å². The smallest absolute Gasteiger partial charge is 0.0579 e. The van der Waals surface area contributed by atoms with Crippen molar-refractivity contribution in [2.24, 2.45) is 5.73 Å². The van der Waals surface area contributed by atoms with Crippen LogP contribution in [0.15, 0.2) is 22.7 Å². The minimum absolute atomic E-state index is 0.0266. The van der Waals surface area contributed by atoms with Crippen LogP contribution in [0.5, 0.6) is 0 Å². The van der Waals surface area contributed by atoms with Gasteiger partial charge in [-0.15, -0.1) is 0 Å². The van der Waals surface area contributed by atoms with Crippen molar-refractivity contribution in [3.05, 3.63) is 28.2 Å². The van der Waals surface area contributed by atoms with E-state index >= 15 is 0 Å². The molecule has 3 unspecified atom stereocenters. The van der Waals surface area contributed by atoms with E-state index in [1.165, 1.54) is 24.1 Å². The topological polar surface area (TPSA) is 49.5 Å². The van der Waals surface area contributed by atoms with E-state index in [0.29, 0.717) is 12.1 Å². The second-order valence-electron chi connectivity index (χ2n) is 5.91. The lowest BCUT2D eigenvalue weighted by Crippen LogP contribution is -2.45. The van der Waals surface area contributed by atoms with Crippen LogP contribution in [0.2, 0.25) is 0 Å². The first-order valence-electron chi connectivity index (χ1n) is 7.07. The number of nitrogens with two attached hydrogens (primary N) is 1. The maximum atomic E-state index is 9.92. The van der Waals surface area contributed by atoms with Crippen LogP contribution in [-0.4, -0.2) is 23.3 Å². The molecule has 0 spiro atoms. The SMILES string of the molecule is CC(N)c1cc(Br)ccc1N1C2CCC1CC(O)C2. The molecule has 0 amide bonds. The molecule has 2 aliphatic rings. The first-order chi connectivity index (χ1) is 9.06. The molecule has 3 rings (SSSR count). The number of piperidine rings is 1. The third kappa shape index (κ3) is 2.41. The van der Waals surface area contributed by atoms with Crippen LogP contribution in [0, 0.1) is 0 Å². The molecule has 2 aliphatic heterocycles. The summed E-state index contributed by atoms with van der Waals surface area (Å²) >= 11 is 3.53. The Morgan fingerprint density at radius 3 is 2.53 bits per heavy atom. The van der Waals surface area contributed by atoms with Gasteiger partial charge in [-0.2, -0.15) is 0 Å². The maximum absolute atomic E-state index is 9.92. The number of rotatable bonds is 2. The predicted octanol–water partition coefficient (Wildman–Crippen LogP) is 2.96. The van der Waals surface area contributed by atoms with Gasteiger partial charge in [0, 0.05) is 28.3 Å². The van der Waals surface area contributed by atoms with Crippen LogP contribution in [0.1, 0.15) is 44.2 Å². The molecule has 0 radical (unpaired) electrons. The Labute approximate surface area is 122 Å². The molecule has 104 valence electrons. The fraction of sp³-hybridized carbons (Fsp3) is 0.600. The van der Waals surface area contributed by atoms with Crippen LogP contribution in [0.25, 0.3) is 0 Å². The minimum Gasteiger partial charge on any atom is -0.393 e. The molecule has 3 nitrogen and oxygen atoms in total. The largest absolute Gasteiger partial charge is 0.393 e. The summed E-state index contributed by atoms with van der Waals surface area (Å²) < 4.78 is 1.08. The fourth-order valence-corrected chi connectivity index (χ4v) is 4.05. The summed E-state index contributed by atoms with van der Waals surface area (Å²) in [4.78, 5) is 2.51. The van der Waals surface area contributed by atoms with Crippen LogP contribution in [-0.2, 0) is 0 Å². The average molecular weight is 325 g/mol. The average Bonchev–Trinajstić information content (AvgIpc) is 2.62. The first kappa shape index (κ1) is 13.4. The highest BCUT2D eigenvalue weighted by Crippen LogP contribution is 2.42. The molecule has 3 atom stereocenters. The number of nitrogens with zero attached hydrogens (tertiary/aromatic N) is 1. The highest BCUT2D eigenvalue weighted by atomic mass is 79.9. The normalized spacial score (nSPS) is 31.6. The van der Waals surface area contributed by atoms with Gasteiger partial charge in [0.1, 0.15) is 0 Å². The Kier molecular flexibility index (Phi) is 3.58. The van der Waals surface area contributed by atoms with Gasteiger partial charge in [-0.1, -0.05) is 15.9 Å². The fourth-order valence-electron chi connectivity index (χ4n) is 3.67. The zero-order chi connectivity index (χ0) is 13.6. The van der Waals surface area contributed by atoms with E-state index in [9.17, 15) is 5.11 Å². The molecule has 19 heavy (non-hydrogen) atoms. The van der Waals surface area contributed by atoms with Crippen molar-refractivity contribution in [3.8, 4) is 0 Å². The van der Waals surface area contributed by atoms with Gasteiger partial charge >= 0.3 is 0 Å². The number of hydrogen-bond acceptors (Lipinski definition) is 3. The van der Waals surface area contributed by atoms with Crippen molar-refractivity contribution < 1.29 is 5.11 Å². The maximum Gasteiger partial charge on any atom is 0.0579 e. The van der Waals surface area contributed by atoms with Gasteiger partial charge in [0.05, 0.1) is 6.10 Å². The quantitative estimate of drug-likeness (QED) is 0.879. The molecule has 0 aliphatic carbocycles. The lowest BCUT2D eigenvalue weighted by atomic mass is 9.96. The second-order valence-corrected chi connectivity index (χ2v) is 6.82. The van der Waals surface area contributed by atoms with Crippen LogP contribution in [0.4, 0.5) is 5.69 Å². The zero-order valence-electron chi connectivity index (χ0n) is 11.2. The Morgan fingerprint density at radius 1 is 1.32 bits per heavy atom. The van der Waals surface area contributed by atoms with Gasteiger partial charge in [0.2, 0.25) is 0 Å². The molecule has 0 saturated carbocycles. The number of aliphatic hydroxyl groups is 1. The molecule has 1 aromatic rings. The standard InChI is InChI=1S/C15H21BrN2O/c1-9(17)14-6-10(16)2-5-15(14)18-11-3-4-12(18)8-13(19)7-11/h2,5-6,9,11-13,19H,3-4,7-8,17H2,1H3. The third-order valence-corrected chi connectivity index (χ3v) is 4.96. The second kappa shape index (κ2) is 5.08. The molecule has 2 bridgehead atoms. The zero-order valence-corrected chi connectivity index (χ0v) is 12.8. The van der Waals surface area contributed by atoms with Gasteiger partial charge in [-0.05, 0) is 56.4 Å². The Balaban J connectivity index is 1.99. The summed E-state index contributed by atoms with van der Waals surface area (Å²) in [7, 11) is 0. The Morgan fingerprint density at radius 2 is 1.95 bits per heavy atom. The van der Waals surface area contributed by atoms with Crippen molar-refractivity contribution in [2.75, 3.05) is 4.90 Å². The number of halogens is 1. The number of fused-ring (bicyclic) bond motifs is 2. The first-order valence-corrected chi connectivity index (χ1v) is 7.87. The summed E-state index contributed by atoms with van der Waals surface area (Å²) in [6.07, 6.45) is 4.05. The van der Waals surface area contributed by atoms with E-state index in [-0.39, 0.29) is 12.1 Å². The summed E-state index contributed by atoms with van der Waals surface area (Å²) in [6.45, 7) is 2.03. The molecule has 2 heterocycles. The number of anilines is 1. The third-order valence-electron chi connectivity index (χ3n) is 4.47. The number of aliphatic hydroxyl groups excluding tert-OH is 1. The summed E-state index contributed by atoms with van der Waals surface area (Å²) in [5.74, 6) is 0. The van der Waals surface area contributed by atoms with Gasteiger partial charge in [0.15, 0.2) is 0 Å². The number of hydrogen-bond donors (Lipinski definition) is 2. The minimum atomic E-state index is -0.122. The van der Waals surface area contributed by atoms with E-state index in [4.69, 9.17) is 5.73 Å². The molecular formula is C15H21BrN2O. The van der Waals surface area contributed by atoms with E-state index in [2.05, 4.69) is 39.0 Å². The molecule has 3 N–H and O–H groups in total. The van der Waals surface area contributed by atoms with Crippen molar-refractivity contribution in [2.45, 2.75) is 56.8 Å². The van der Waals surface area contributed by atoms with Crippen LogP contribution < -0.4 is 10.6 Å². The van der Waals surface area contributed by atoms with Crippen LogP contribution >= 0.6 is 15.9 Å². The molecule has 2 fully saturated rings. The number of benzene rings is 1. The highest BCUT2D eigenvalue weighted by molar-refractivity contribution is 9.10. The molecule has 0 aromatic heterocycles. The Bertz CT molecular complexity index is 463. The lowest BCUT2D eigenvalue weighted by molar-refractivity contribution is 0.126. The molecule has 1 aromatic carbocycles. The summed E-state index contributed by atoms with van der Waals surface area (Å²) in [5, 5.41) is 9.92. The lowest BCUT2D eigenvalue weighted by Gasteiger charge is -2.40. The van der Waals surface area contributed by atoms with Crippen LogP contribution in [0.3, 0.4) is 0 Å². The van der Waals surface area contributed by atoms with Gasteiger partial charge in [-0.3, -0.25) is 0 Å². The van der Waals surface area contributed by atoms with E-state index in [1.807, 2.05) is 6.92 Å². The molecule has 2 saturated heterocycles.